The Bertz CT molecular complexity index is 1330. The fourth-order valence-electron chi connectivity index (χ4n) is 4.36. The first-order valence-corrected chi connectivity index (χ1v) is 12.9. The van der Waals surface area contributed by atoms with Crippen LogP contribution in [-0.4, -0.2) is 57.6 Å². The third-order valence-corrected chi connectivity index (χ3v) is 7.10. The number of nitrogens with zero attached hydrogens (tertiary/aromatic N) is 4. The minimum absolute atomic E-state index is 0.00848. The smallest absolute Gasteiger partial charge is 0.434 e. The van der Waals surface area contributed by atoms with Gasteiger partial charge in [0, 0.05) is 41.7 Å². The van der Waals surface area contributed by atoms with Crippen LogP contribution in [-0.2, 0) is 12.6 Å². The van der Waals surface area contributed by atoms with E-state index in [0.717, 1.165) is 23.8 Å². The molecule has 1 unspecified atom stereocenters. The first-order valence-electron chi connectivity index (χ1n) is 12.1. The number of rotatable bonds is 8. The summed E-state index contributed by atoms with van der Waals surface area (Å²) in [5, 5.41) is 2.64. The van der Waals surface area contributed by atoms with Crippen molar-refractivity contribution in [3.8, 4) is 5.75 Å². The molecular formula is C25H24F7N5O2S. The number of alkyl halides is 6. The number of halogens is 7. The Kier molecular flexibility index (Phi) is 8.93. The summed E-state index contributed by atoms with van der Waals surface area (Å²) in [4.78, 5) is 22.0. The molecule has 1 aromatic carbocycles. The predicted molar refractivity (Wildman–Crippen MR) is 132 cm³/mol. The number of carbonyl (C=O) groups is 1. The van der Waals surface area contributed by atoms with E-state index in [0.29, 0.717) is 36.2 Å². The van der Waals surface area contributed by atoms with Crippen LogP contribution in [0.15, 0.2) is 30.6 Å². The lowest BCUT2D eigenvalue weighted by Gasteiger charge is -2.33. The quantitative estimate of drug-likeness (QED) is 0.329. The summed E-state index contributed by atoms with van der Waals surface area (Å²) in [6.07, 6.45) is -6.10. The molecule has 0 saturated carbocycles. The third kappa shape index (κ3) is 7.87. The molecule has 0 radical (unpaired) electrons. The van der Waals surface area contributed by atoms with Gasteiger partial charge in [-0.2, -0.15) is 30.7 Å². The summed E-state index contributed by atoms with van der Waals surface area (Å²) in [7, 11) is 0. The Labute approximate surface area is 228 Å². The summed E-state index contributed by atoms with van der Waals surface area (Å²) in [6, 6.07) is 3.70. The van der Waals surface area contributed by atoms with Gasteiger partial charge in [0.05, 0.1) is 36.3 Å². The van der Waals surface area contributed by atoms with Gasteiger partial charge in [-0.15, -0.1) is 0 Å². The molecule has 2 aromatic heterocycles. The summed E-state index contributed by atoms with van der Waals surface area (Å²) in [5.74, 6) is -1.65. The Hall–Kier alpha value is -3.33. The van der Waals surface area contributed by atoms with Crippen molar-refractivity contribution in [1.82, 2.24) is 19.2 Å². The molecule has 0 bridgehead atoms. The number of likely N-dealkylation sites (tertiary alicyclic amines) is 1. The Morgan fingerprint density at radius 1 is 1.18 bits per heavy atom. The average Bonchev–Trinajstić information content (AvgIpc) is 3.23. The zero-order valence-corrected chi connectivity index (χ0v) is 21.9. The topological polar surface area (TPSA) is 80.2 Å². The minimum Gasteiger partial charge on any atom is -0.490 e. The molecule has 1 atom stereocenters. The SMILES string of the molecule is Cc1nsc(Cc2cnc(C(F)(F)F)cn2)c1C(=O)Nc1ccc(F)c(OCC2CCCN(CC(F)(F)F)C2)c1. The van der Waals surface area contributed by atoms with Crippen molar-refractivity contribution in [2.24, 2.45) is 5.92 Å². The van der Waals surface area contributed by atoms with Crippen molar-refractivity contribution in [2.45, 2.75) is 38.5 Å². The molecule has 1 aliphatic heterocycles. The van der Waals surface area contributed by atoms with E-state index in [2.05, 4.69) is 19.7 Å². The second-order valence-corrected chi connectivity index (χ2v) is 10.3. The number of aryl methyl sites for hydroxylation is 1. The van der Waals surface area contributed by atoms with Crippen LogP contribution in [0.3, 0.4) is 0 Å². The number of nitrogens with one attached hydrogen (secondary N) is 1. The number of hydrogen-bond donors (Lipinski definition) is 1. The molecule has 0 aliphatic carbocycles. The maximum absolute atomic E-state index is 14.4. The number of aromatic nitrogens is 3. The number of ether oxygens (including phenoxy) is 1. The maximum atomic E-state index is 14.4. The van der Waals surface area contributed by atoms with E-state index in [-0.39, 0.29) is 48.2 Å². The molecule has 0 spiro atoms. The lowest BCUT2D eigenvalue weighted by atomic mass is 9.99. The highest BCUT2D eigenvalue weighted by Gasteiger charge is 2.34. The van der Waals surface area contributed by atoms with Crippen LogP contribution in [0, 0.1) is 18.7 Å². The number of benzene rings is 1. The largest absolute Gasteiger partial charge is 0.490 e. The van der Waals surface area contributed by atoms with E-state index in [9.17, 15) is 35.5 Å². The summed E-state index contributed by atoms with van der Waals surface area (Å²) >= 11 is 0.993. The molecule has 4 rings (SSSR count). The number of hydrogen-bond acceptors (Lipinski definition) is 7. The number of carbonyl (C=O) groups excluding carboxylic acids is 1. The van der Waals surface area contributed by atoms with Crippen molar-refractivity contribution >= 4 is 23.1 Å². The van der Waals surface area contributed by atoms with Crippen LogP contribution in [0.5, 0.6) is 5.75 Å². The number of amides is 1. The number of anilines is 1. The van der Waals surface area contributed by atoms with Crippen molar-refractivity contribution in [1.29, 1.82) is 0 Å². The summed E-state index contributed by atoms with van der Waals surface area (Å²) in [5.41, 5.74) is -0.137. The molecule has 1 N–H and O–H groups in total. The molecule has 15 heteroatoms. The van der Waals surface area contributed by atoms with Gasteiger partial charge in [-0.1, -0.05) is 0 Å². The Morgan fingerprint density at radius 3 is 2.62 bits per heavy atom. The fourth-order valence-corrected chi connectivity index (χ4v) is 5.25. The third-order valence-electron chi connectivity index (χ3n) is 6.17. The summed E-state index contributed by atoms with van der Waals surface area (Å²) in [6.45, 7) is 1.10. The molecule has 1 amide bonds. The molecule has 40 heavy (non-hydrogen) atoms. The first-order chi connectivity index (χ1) is 18.8. The fraction of sp³-hybridized carbons (Fsp3) is 0.440. The molecule has 1 aliphatic rings. The van der Waals surface area contributed by atoms with Crippen LogP contribution < -0.4 is 10.1 Å². The zero-order chi connectivity index (χ0) is 29.1. The van der Waals surface area contributed by atoms with Crippen LogP contribution in [0.25, 0.3) is 0 Å². The molecule has 216 valence electrons. The van der Waals surface area contributed by atoms with Crippen LogP contribution in [0.2, 0.25) is 0 Å². The van der Waals surface area contributed by atoms with Gasteiger partial charge in [-0.25, -0.2) is 9.37 Å². The van der Waals surface area contributed by atoms with Crippen molar-refractivity contribution < 1.29 is 40.3 Å². The van der Waals surface area contributed by atoms with E-state index in [4.69, 9.17) is 4.74 Å². The molecular weight excluding hydrogens is 567 g/mol. The van der Waals surface area contributed by atoms with E-state index in [1.54, 1.807) is 6.92 Å². The zero-order valence-electron chi connectivity index (χ0n) is 21.1. The highest BCUT2D eigenvalue weighted by atomic mass is 32.1. The van der Waals surface area contributed by atoms with Gasteiger partial charge in [-0.05, 0) is 50.0 Å². The standard InChI is InChI=1S/C25H24F7N5O2S/c1-14-22(20(40-36-14)8-17-9-34-21(10-33-17)25(30,31)32)23(38)35-16-4-5-18(26)19(7-16)39-12-15-3-2-6-37(11-15)13-24(27,28)29/h4-5,7,9-10,15H,2-3,6,8,11-13H2,1H3,(H,35,38). The Balaban J connectivity index is 1.40. The van der Waals surface area contributed by atoms with E-state index in [1.165, 1.54) is 17.0 Å². The highest BCUT2D eigenvalue weighted by molar-refractivity contribution is 7.06. The molecule has 7 nitrogen and oxygen atoms in total. The van der Waals surface area contributed by atoms with Crippen molar-refractivity contribution in [3.63, 3.8) is 0 Å². The van der Waals surface area contributed by atoms with Gasteiger partial charge in [0.2, 0.25) is 0 Å². The number of piperidine rings is 1. The molecule has 3 aromatic rings. The predicted octanol–water partition coefficient (Wildman–Crippen LogP) is 5.90. The van der Waals surface area contributed by atoms with Crippen LogP contribution >= 0.6 is 11.5 Å². The normalized spacial score (nSPS) is 16.6. The van der Waals surface area contributed by atoms with Crippen molar-refractivity contribution in [3.05, 3.63) is 63.9 Å². The maximum Gasteiger partial charge on any atom is 0.434 e. The van der Waals surface area contributed by atoms with Gasteiger partial charge < -0.3 is 10.1 Å². The first kappa shape index (κ1) is 29.6. The molecule has 1 fully saturated rings. The summed E-state index contributed by atoms with van der Waals surface area (Å²) < 4.78 is 101. The van der Waals surface area contributed by atoms with Gasteiger partial charge in [0.15, 0.2) is 17.3 Å². The van der Waals surface area contributed by atoms with E-state index in [1.807, 2.05) is 0 Å². The lowest BCUT2D eigenvalue weighted by molar-refractivity contribution is -0.149. The second-order valence-electron chi connectivity index (χ2n) is 9.40. The van der Waals surface area contributed by atoms with Crippen LogP contribution in [0.1, 0.15) is 45.2 Å². The minimum atomic E-state index is -4.63. The average molecular weight is 592 g/mol. The van der Waals surface area contributed by atoms with Crippen molar-refractivity contribution in [2.75, 3.05) is 31.6 Å². The second kappa shape index (κ2) is 12.0. The van der Waals surface area contributed by atoms with Gasteiger partial charge in [0.25, 0.3) is 5.91 Å². The van der Waals surface area contributed by atoms with Gasteiger partial charge in [-0.3, -0.25) is 14.7 Å². The molecule has 3 heterocycles. The monoisotopic (exact) mass is 591 g/mol. The van der Waals surface area contributed by atoms with Gasteiger partial charge in [0.1, 0.15) is 0 Å². The molecule has 1 saturated heterocycles. The Morgan fingerprint density at radius 2 is 1.95 bits per heavy atom. The van der Waals surface area contributed by atoms with Gasteiger partial charge >= 0.3 is 12.4 Å². The van der Waals surface area contributed by atoms with E-state index >= 15 is 0 Å². The lowest BCUT2D eigenvalue weighted by Crippen LogP contribution is -2.42. The van der Waals surface area contributed by atoms with E-state index < -0.39 is 36.3 Å². The highest BCUT2D eigenvalue weighted by Crippen LogP contribution is 2.29. The van der Waals surface area contributed by atoms with Crippen LogP contribution in [0.4, 0.5) is 36.4 Å².